The first-order valence-electron chi connectivity index (χ1n) is 1.99. The first-order valence-corrected chi connectivity index (χ1v) is 3.96. The first kappa shape index (κ1) is 13.0. The summed E-state index contributed by atoms with van der Waals surface area (Å²) in [5, 5.41) is 4.08. The van der Waals surface area contributed by atoms with Gasteiger partial charge in [-0.3, -0.25) is 0 Å². The van der Waals surface area contributed by atoms with Crippen LogP contribution >= 0.6 is 11.3 Å². The maximum absolute atomic E-state index is 8.56. The Balaban J connectivity index is 0. The van der Waals surface area contributed by atoms with Crippen LogP contribution in [0, 0.1) is 0 Å². The van der Waals surface area contributed by atoms with Crippen LogP contribution in [0.4, 0.5) is 0 Å². The maximum Gasteiger partial charge on any atom is 1.00 e. The van der Waals surface area contributed by atoms with E-state index in [9.17, 15) is 0 Å². The van der Waals surface area contributed by atoms with Gasteiger partial charge in [-0.2, -0.15) is 11.3 Å². The van der Waals surface area contributed by atoms with Gasteiger partial charge in [0, 0.05) is 0 Å². The topological polar surface area (TPSA) is 60.4 Å². The molecule has 0 aliphatic carbocycles. The van der Waals surface area contributed by atoms with Gasteiger partial charge in [-0.15, -0.1) is 0 Å². The molecule has 0 fully saturated rings. The molecule has 1 unspecified atom stereocenters. The van der Waals surface area contributed by atoms with Gasteiger partial charge in [0.25, 0.3) is 0 Å². The van der Waals surface area contributed by atoms with Crippen molar-refractivity contribution in [3.05, 3.63) is 22.9 Å². The minimum absolute atomic E-state index is 0. The van der Waals surface area contributed by atoms with Crippen molar-refractivity contribution < 1.29 is 32.2 Å². The Morgan fingerprint density at radius 1 is 1.40 bits per heavy atom. The molecule has 10 heavy (non-hydrogen) atoms. The number of hydrogen-bond acceptors (Lipinski definition) is 3. The van der Waals surface area contributed by atoms with Gasteiger partial charge in [0.1, 0.15) is 0 Å². The van der Waals surface area contributed by atoms with Crippen molar-refractivity contribution >= 4 is 22.7 Å². The van der Waals surface area contributed by atoms with Crippen molar-refractivity contribution in [3.63, 3.8) is 0 Å². The van der Waals surface area contributed by atoms with Crippen LogP contribution in [-0.2, 0) is 11.4 Å². The normalized spacial score (nSPS) is 10.2. The Bertz CT molecular complexity index is 132. The van der Waals surface area contributed by atoms with Crippen LogP contribution in [0.1, 0.15) is 0 Å². The molecule has 0 radical (unpaired) electrons. The summed E-state index contributed by atoms with van der Waals surface area (Å²) in [6, 6.07) is 4.04. The minimum Gasteiger partial charge on any atom is -0.750 e. The van der Waals surface area contributed by atoms with E-state index in [1.807, 2.05) is 22.9 Å². The van der Waals surface area contributed by atoms with E-state index in [4.69, 9.17) is 13.3 Å². The van der Waals surface area contributed by atoms with Gasteiger partial charge >= 0.3 is 18.9 Å². The van der Waals surface area contributed by atoms with Crippen molar-refractivity contribution in [2.24, 2.45) is 0 Å². The predicted octanol–water partition coefficient (Wildman–Crippen LogP) is -1.91. The maximum atomic E-state index is 8.56. The summed E-state index contributed by atoms with van der Waals surface area (Å²) < 4.78 is 24.1. The van der Waals surface area contributed by atoms with Crippen molar-refractivity contribution in [3.8, 4) is 0 Å². The zero-order valence-electron chi connectivity index (χ0n) is 5.39. The van der Waals surface area contributed by atoms with E-state index in [0.29, 0.717) is 0 Å². The molecule has 0 aromatic carbocycles. The molecule has 3 nitrogen and oxygen atoms in total. The zero-order valence-corrected chi connectivity index (χ0v) is 7.02. The van der Waals surface area contributed by atoms with Crippen LogP contribution in [0.15, 0.2) is 22.9 Å². The second-order valence-electron chi connectivity index (χ2n) is 1.01. The molecule has 0 saturated carbocycles. The fourth-order valence-electron chi connectivity index (χ4n) is 0.227. The van der Waals surface area contributed by atoms with Crippen molar-refractivity contribution in [2.75, 3.05) is 0 Å². The Labute approximate surface area is 77.8 Å². The molecule has 1 heterocycles. The van der Waals surface area contributed by atoms with Crippen molar-refractivity contribution in [1.82, 2.24) is 0 Å². The molecule has 0 aliphatic heterocycles. The number of thiophene rings is 1. The third-order valence-corrected chi connectivity index (χ3v) is 1.05. The van der Waals surface area contributed by atoms with Gasteiger partial charge in [-0.25, -0.2) is 4.21 Å². The van der Waals surface area contributed by atoms with E-state index >= 15 is 0 Å². The fourth-order valence-corrected chi connectivity index (χ4v) is 0.680. The predicted molar refractivity (Wildman–Crippen MR) is 35.9 cm³/mol. The monoisotopic (exact) mass is 172 g/mol. The average molecular weight is 172 g/mol. The molecule has 0 spiro atoms. The molecule has 0 aliphatic rings. The minimum atomic E-state index is -2.86. The van der Waals surface area contributed by atoms with Crippen LogP contribution in [0.5, 0.6) is 0 Å². The summed E-state index contributed by atoms with van der Waals surface area (Å²) in [6.07, 6.45) is 0. The van der Waals surface area contributed by atoms with E-state index in [1.165, 1.54) is 0 Å². The second kappa shape index (κ2) is 9.37. The SMILES string of the molecule is O=S([O-])O.[Li+].c1ccsc1. The van der Waals surface area contributed by atoms with Gasteiger partial charge in [0.05, 0.1) is 11.4 Å². The van der Waals surface area contributed by atoms with Crippen LogP contribution < -0.4 is 18.9 Å². The van der Waals surface area contributed by atoms with Gasteiger partial charge in [0.2, 0.25) is 0 Å². The third-order valence-electron chi connectivity index (χ3n) is 0.425. The summed E-state index contributed by atoms with van der Waals surface area (Å²) >= 11 is -1.15. The second-order valence-corrected chi connectivity index (χ2v) is 2.26. The quantitative estimate of drug-likeness (QED) is 0.367. The molecule has 1 rings (SSSR count). The Hall–Kier alpha value is 0.367. The smallest absolute Gasteiger partial charge is 0.750 e. The van der Waals surface area contributed by atoms with E-state index in [1.54, 1.807) is 11.3 Å². The van der Waals surface area contributed by atoms with Crippen LogP contribution in [0.3, 0.4) is 0 Å². The van der Waals surface area contributed by atoms with Gasteiger partial charge in [0.15, 0.2) is 0 Å². The first-order chi connectivity index (χ1) is 4.23. The fraction of sp³-hybridized carbons (Fsp3) is 0. The largest absolute Gasteiger partial charge is 1.00 e. The van der Waals surface area contributed by atoms with Crippen molar-refractivity contribution in [2.45, 2.75) is 0 Å². The van der Waals surface area contributed by atoms with Crippen molar-refractivity contribution in [1.29, 1.82) is 0 Å². The molecule has 0 saturated heterocycles. The third kappa shape index (κ3) is 15.8. The Morgan fingerprint density at radius 3 is 1.80 bits per heavy atom. The van der Waals surface area contributed by atoms with Gasteiger partial charge in [-0.05, 0) is 10.8 Å². The van der Waals surface area contributed by atoms with Gasteiger partial charge in [-0.1, -0.05) is 12.1 Å². The molecule has 52 valence electrons. The average Bonchev–Trinajstić information content (AvgIpc) is 2.11. The molecule has 1 N–H and O–H groups in total. The molecular formula is C4H5LiO3S2. The van der Waals surface area contributed by atoms with E-state index < -0.39 is 11.4 Å². The summed E-state index contributed by atoms with van der Waals surface area (Å²) in [4.78, 5) is 0. The van der Waals surface area contributed by atoms with Crippen LogP contribution in [0.25, 0.3) is 0 Å². The molecule has 1 aromatic rings. The van der Waals surface area contributed by atoms with Crippen LogP contribution in [-0.4, -0.2) is 13.3 Å². The summed E-state index contributed by atoms with van der Waals surface area (Å²) in [6.45, 7) is 0. The molecular weight excluding hydrogens is 167 g/mol. The molecule has 1 aromatic heterocycles. The van der Waals surface area contributed by atoms with Gasteiger partial charge < -0.3 is 9.11 Å². The number of hydrogen-bond donors (Lipinski definition) is 1. The van der Waals surface area contributed by atoms with Crippen LogP contribution in [0.2, 0.25) is 0 Å². The molecule has 0 bridgehead atoms. The summed E-state index contributed by atoms with van der Waals surface area (Å²) in [5.74, 6) is 0. The molecule has 0 amide bonds. The zero-order chi connectivity index (χ0) is 7.11. The Morgan fingerprint density at radius 2 is 1.70 bits per heavy atom. The molecule has 1 atom stereocenters. The van der Waals surface area contributed by atoms with E-state index in [0.717, 1.165) is 0 Å². The van der Waals surface area contributed by atoms with E-state index in [-0.39, 0.29) is 18.9 Å². The number of rotatable bonds is 0. The standard InChI is InChI=1S/C4H4S.Li.H2O3S/c1-2-4-5-3-1;;1-4(2)3/h1-4H;;(H2,1,2,3)/q;+1;/p-1. The summed E-state index contributed by atoms with van der Waals surface area (Å²) in [5.41, 5.74) is 0. The Kier molecular flexibility index (Phi) is 12.2. The summed E-state index contributed by atoms with van der Waals surface area (Å²) in [7, 11) is 0. The van der Waals surface area contributed by atoms with E-state index in [2.05, 4.69) is 0 Å². The molecule has 6 heteroatoms.